The van der Waals surface area contributed by atoms with Crippen molar-refractivity contribution in [3.05, 3.63) is 75.7 Å². The number of nitrogens with zero attached hydrogens (tertiary/aromatic N) is 1. The van der Waals surface area contributed by atoms with Crippen LogP contribution in [0, 0.1) is 0 Å². The van der Waals surface area contributed by atoms with E-state index in [0.717, 1.165) is 21.9 Å². The van der Waals surface area contributed by atoms with E-state index in [9.17, 15) is 0 Å². The average molecular weight is 331 g/mol. The van der Waals surface area contributed by atoms with E-state index in [1.165, 1.54) is 11.3 Å². The summed E-state index contributed by atoms with van der Waals surface area (Å²) in [5, 5.41) is 3.34. The number of ether oxygens (including phenoxy) is 1. The first-order valence-electron chi connectivity index (χ1n) is 6.90. The van der Waals surface area contributed by atoms with Crippen LogP contribution in [0.2, 0.25) is 4.47 Å². The Hall–Kier alpha value is -2.04. The molecule has 1 aromatic heterocycles. The number of rotatable bonds is 6. The smallest absolute Gasteiger partial charge is 0.183 e. The van der Waals surface area contributed by atoms with E-state index in [1.807, 2.05) is 42.5 Å². The Kier molecular flexibility index (Phi) is 4.93. The van der Waals surface area contributed by atoms with E-state index in [2.05, 4.69) is 22.4 Å². The molecule has 1 N–H and O–H groups in total. The molecule has 0 bridgehead atoms. The fourth-order valence-corrected chi connectivity index (χ4v) is 2.91. The van der Waals surface area contributed by atoms with Crippen molar-refractivity contribution in [1.29, 1.82) is 0 Å². The lowest BCUT2D eigenvalue weighted by atomic mass is 10.2. The van der Waals surface area contributed by atoms with Gasteiger partial charge < -0.3 is 10.1 Å². The highest BCUT2D eigenvalue weighted by atomic mass is 35.5. The van der Waals surface area contributed by atoms with E-state index in [0.29, 0.717) is 17.6 Å². The summed E-state index contributed by atoms with van der Waals surface area (Å²) in [5.41, 5.74) is 2.16. The van der Waals surface area contributed by atoms with Gasteiger partial charge in [-0.15, -0.1) is 11.3 Å². The monoisotopic (exact) mass is 330 g/mol. The molecule has 3 nitrogen and oxygen atoms in total. The minimum Gasteiger partial charge on any atom is -0.489 e. The van der Waals surface area contributed by atoms with E-state index in [1.54, 1.807) is 6.20 Å². The molecular formula is C17H15ClN2OS. The minimum atomic E-state index is 0.564. The Labute approximate surface area is 138 Å². The third-order valence-electron chi connectivity index (χ3n) is 3.07. The van der Waals surface area contributed by atoms with Crippen LogP contribution in [-0.2, 0) is 13.2 Å². The SMILES string of the molecule is Clc1ncc(CNc2cccc(OCc3ccccc3)c2)s1. The van der Waals surface area contributed by atoms with Crippen LogP contribution in [0.4, 0.5) is 5.69 Å². The normalized spacial score (nSPS) is 10.4. The molecule has 0 amide bonds. The molecule has 112 valence electrons. The number of thiazole rings is 1. The molecule has 3 aromatic rings. The third-order valence-corrected chi connectivity index (χ3v) is 4.19. The lowest BCUT2D eigenvalue weighted by molar-refractivity contribution is 0.306. The van der Waals surface area contributed by atoms with Crippen LogP contribution in [0.1, 0.15) is 10.4 Å². The molecule has 2 aromatic carbocycles. The lowest BCUT2D eigenvalue weighted by Crippen LogP contribution is -1.99. The Bertz CT molecular complexity index is 730. The molecule has 0 aliphatic carbocycles. The first-order chi connectivity index (χ1) is 10.8. The predicted octanol–water partition coefficient (Wildman–Crippen LogP) is 4.99. The molecule has 0 atom stereocenters. The number of aromatic nitrogens is 1. The van der Waals surface area contributed by atoms with Crippen molar-refractivity contribution < 1.29 is 4.74 Å². The van der Waals surface area contributed by atoms with Gasteiger partial charge in [-0.05, 0) is 17.7 Å². The van der Waals surface area contributed by atoms with Gasteiger partial charge in [0.2, 0.25) is 0 Å². The number of benzene rings is 2. The second-order valence-electron chi connectivity index (χ2n) is 4.74. The molecule has 0 spiro atoms. The zero-order chi connectivity index (χ0) is 15.2. The van der Waals surface area contributed by atoms with Crippen molar-refractivity contribution in [2.45, 2.75) is 13.2 Å². The Balaban J connectivity index is 1.57. The second kappa shape index (κ2) is 7.29. The van der Waals surface area contributed by atoms with Crippen molar-refractivity contribution in [1.82, 2.24) is 4.98 Å². The summed E-state index contributed by atoms with van der Waals surface area (Å²) in [7, 11) is 0. The summed E-state index contributed by atoms with van der Waals surface area (Å²) in [5.74, 6) is 0.844. The van der Waals surface area contributed by atoms with Crippen LogP contribution in [0.15, 0.2) is 60.8 Å². The molecule has 0 saturated heterocycles. The van der Waals surface area contributed by atoms with Crippen molar-refractivity contribution in [3.8, 4) is 5.75 Å². The fourth-order valence-electron chi connectivity index (χ4n) is 1.99. The van der Waals surface area contributed by atoms with Crippen molar-refractivity contribution in [2.75, 3.05) is 5.32 Å². The maximum Gasteiger partial charge on any atom is 0.183 e. The van der Waals surface area contributed by atoms with Gasteiger partial charge in [0.1, 0.15) is 12.4 Å². The van der Waals surface area contributed by atoms with Crippen molar-refractivity contribution in [3.63, 3.8) is 0 Å². The largest absolute Gasteiger partial charge is 0.489 e. The zero-order valence-electron chi connectivity index (χ0n) is 11.8. The van der Waals surface area contributed by atoms with E-state index in [-0.39, 0.29) is 0 Å². The first-order valence-corrected chi connectivity index (χ1v) is 8.10. The lowest BCUT2D eigenvalue weighted by Gasteiger charge is -2.09. The van der Waals surface area contributed by atoms with Gasteiger partial charge in [0.15, 0.2) is 4.47 Å². The van der Waals surface area contributed by atoms with Gasteiger partial charge in [0, 0.05) is 22.8 Å². The Morgan fingerprint density at radius 1 is 1.09 bits per heavy atom. The predicted molar refractivity (Wildman–Crippen MR) is 91.7 cm³/mol. The molecule has 0 unspecified atom stereocenters. The molecule has 5 heteroatoms. The number of halogens is 1. The van der Waals surface area contributed by atoms with Crippen molar-refractivity contribution >= 4 is 28.6 Å². The quantitative estimate of drug-likeness (QED) is 0.691. The van der Waals surface area contributed by atoms with Crippen LogP contribution in [0.5, 0.6) is 5.75 Å². The fraction of sp³-hybridized carbons (Fsp3) is 0.118. The van der Waals surface area contributed by atoms with E-state index >= 15 is 0 Å². The first kappa shape index (κ1) is 14.9. The Morgan fingerprint density at radius 3 is 2.73 bits per heavy atom. The van der Waals surface area contributed by atoms with Crippen LogP contribution < -0.4 is 10.1 Å². The van der Waals surface area contributed by atoms with Gasteiger partial charge in [0.25, 0.3) is 0 Å². The standard InChI is InChI=1S/C17H15ClN2OS/c18-17-20-11-16(22-17)10-19-14-7-4-8-15(9-14)21-12-13-5-2-1-3-6-13/h1-9,11,19H,10,12H2. The summed E-state index contributed by atoms with van der Waals surface area (Å²) in [6.45, 7) is 1.27. The maximum absolute atomic E-state index is 5.83. The number of anilines is 1. The summed E-state index contributed by atoms with van der Waals surface area (Å²) >= 11 is 7.31. The van der Waals surface area contributed by atoms with E-state index < -0.39 is 0 Å². The molecule has 0 fully saturated rings. The molecule has 3 rings (SSSR count). The number of hydrogen-bond donors (Lipinski definition) is 1. The third kappa shape index (κ3) is 4.23. The number of nitrogens with one attached hydrogen (secondary N) is 1. The van der Waals surface area contributed by atoms with Gasteiger partial charge in [0.05, 0.1) is 6.54 Å². The van der Waals surface area contributed by atoms with Crippen LogP contribution in [0.3, 0.4) is 0 Å². The molecule has 0 radical (unpaired) electrons. The summed E-state index contributed by atoms with van der Waals surface area (Å²) in [4.78, 5) is 5.13. The van der Waals surface area contributed by atoms with Gasteiger partial charge >= 0.3 is 0 Å². The number of hydrogen-bond acceptors (Lipinski definition) is 4. The van der Waals surface area contributed by atoms with Crippen molar-refractivity contribution in [2.24, 2.45) is 0 Å². The molecule has 1 heterocycles. The van der Waals surface area contributed by atoms with Gasteiger partial charge in [-0.1, -0.05) is 48.0 Å². The average Bonchev–Trinajstić information content (AvgIpc) is 2.98. The van der Waals surface area contributed by atoms with Gasteiger partial charge in [-0.25, -0.2) is 4.98 Å². The van der Waals surface area contributed by atoms with Gasteiger partial charge in [-0.3, -0.25) is 0 Å². The summed E-state index contributed by atoms with van der Waals surface area (Å²) < 4.78 is 6.38. The highest BCUT2D eigenvalue weighted by Crippen LogP contribution is 2.22. The topological polar surface area (TPSA) is 34.2 Å². The summed E-state index contributed by atoms with van der Waals surface area (Å²) in [6.07, 6.45) is 1.79. The molecule has 0 aliphatic rings. The highest BCUT2D eigenvalue weighted by molar-refractivity contribution is 7.15. The van der Waals surface area contributed by atoms with Crippen LogP contribution in [-0.4, -0.2) is 4.98 Å². The highest BCUT2D eigenvalue weighted by Gasteiger charge is 2.01. The van der Waals surface area contributed by atoms with E-state index in [4.69, 9.17) is 16.3 Å². The maximum atomic E-state index is 5.83. The Morgan fingerprint density at radius 2 is 1.95 bits per heavy atom. The van der Waals surface area contributed by atoms with Crippen LogP contribution in [0.25, 0.3) is 0 Å². The molecule has 0 aliphatic heterocycles. The second-order valence-corrected chi connectivity index (χ2v) is 6.43. The molecule has 0 saturated carbocycles. The molecule has 22 heavy (non-hydrogen) atoms. The summed E-state index contributed by atoms with van der Waals surface area (Å²) in [6, 6.07) is 18.1. The van der Waals surface area contributed by atoms with Gasteiger partial charge in [-0.2, -0.15) is 0 Å². The van der Waals surface area contributed by atoms with Crippen LogP contribution >= 0.6 is 22.9 Å². The zero-order valence-corrected chi connectivity index (χ0v) is 13.4. The minimum absolute atomic E-state index is 0.564. The molecular weight excluding hydrogens is 316 g/mol.